The predicted molar refractivity (Wildman–Crippen MR) is 165 cm³/mol. The lowest BCUT2D eigenvalue weighted by atomic mass is 9.81. The van der Waals surface area contributed by atoms with Crippen molar-refractivity contribution in [1.29, 1.82) is 0 Å². The van der Waals surface area contributed by atoms with Gasteiger partial charge in [-0.15, -0.1) is 0 Å². The Balaban J connectivity index is 1.40. The van der Waals surface area contributed by atoms with Gasteiger partial charge in [-0.25, -0.2) is 19.6 Å². The molecule has 2 aromatic rings. The summed E-state index contributed by atoms with van der Waals surface area (Å²) in [6, 6.07) is 1.24. The van der Waals surface area contributed by atoms with E-state index < -0.39 is 78.2 Å². The van der Waals surface area contributed by atoms with E-state index >= 15 is 8.78 Å². The summed E-state index contributed by atoms with van der Waals surface area (Å²) in [5, 5.41) is 2.73. The summed E-state index contributed by atoms with van der Waals surface area (Å²) in [5.41, 5.74) is -1.63. The van der Waals surface area contributed by atoms with Crippen LogP contribution in [0.25, 0.3) is 11.0 Å². The zero-order valence-corrected chi connectivity index (χ0v) is 27.5. The first-order valence-electron chi connectivity index (χ1n) is 16.3. The molecular formula is C34H38F4N4O7. The fraction of sp³-hybridized carbons (Fsp3) is 0.618. The minimum absolute atomic E-state index is 0.00533. The Morgan fingerprint density at radius 3 is 2.55 bits per heavy atom. The molecule has 2 aliphatic heterocycles. The number of ether oxygens (including phenoxy) is 4. The van der Waals surface area contributed by atoms with Gasteiger partial charge in [-0.3, -0.25) is 4.79 Å². The molecule has 6 rings (SSSR count). The third kappa shape index (κ3) is 7.05. The third-order valence-corrected chi connectivity index (χ3v) is 9.68. The molecule has 0 radical (unpaired) electrons. The van der Waals surface area contributed by atoms with Crippen LogP contribution in [0.15, 0.2) is 18.2 Å². The van der Waals surface area contributed by atoms with Gasteiger partial charge in [-0.05, 0) is 36.8 Å². The van der Waals surface area contributed by atoms with Crippen molar-refractivity contribution in [2.45, 2.75) is 96.1 Å². The van der Waals surface area contributed by atoms with Gasteiger partial charge in [0.1, 0.15) is 30.0 Å². The monoisotopic (exact) mass is 690 g/mol. The molecule has 2 amide bonds. The van der Waals surface area contributed by atoms with Crippen LogP contribution in [0, 0.1) is 35.0 Å². The number of benzene rings is 1. The van der Waals surface area contributed by atoms with Crippen LogP contribution < -0.4 is 14.8 Å². The standard InChI is InChI=1S/C34H38F4N4O7/c1-33(2,3)27-29(43)42-16-19(15-24(42)30(44)46-4)47-28-26(39-22-11-9-18(48-31(35)36)14-23(22)40-28)34(37,38)12-6-5-7-21-20-10-8-17(20)13-25(21)49-32(45)41-27/h9,11,14,17,19-21,24-25,27,31H,5-7,12-13,15-16H2,1-4H3,(H,41,45)/t17-,19+,20-,21+,24-,25+,27+/m0/s1. The predicted octanol–water partition coefficient (Wildman–Crippen LogP) is 5.20. The average Bonchev–Trinajstić information content (AvgIpc) is 3.53. The molecule has 7 atom stereocenters. The van der Waals surface area contributed by atoms with Gasteiger partial charge in [0.15, 0.2) is 5.69 Å². The lowest BCUT2D eigenvalue weighted by Gasteiger charge is -2.35. The first-order chi connectivity index (χ1) is 23.1. The number of aromatic nitrogens is 2. The van der Waals surface area contributed by atoms with Crippen molar-refractivity contribution in [3.05, 3.63) is 23.9 Å². The molecule has 1 aromatic carbocycles. The van der Waals surface area contributed by atoms with E-state index in [0.29, 0.717) is 19.3 Å². The van der Waals surface area contributed by atoms with Gasteiger partial charge >= 0.3 is 18.7 Å². The van der Waals surface area contributed by atoms with Gasteiger partial charge in [0, 0.05) is 36.7 Å². The van der Waals surface area contributed by atoms with E-state index in [2.05, 4.69) is 31.9 Å². The zero-order valence-electron chi connectivity index (χ0n) is 27.5. The highest BCUT2D eigenvalue weighted by molar-refractivity contribution is 5.91. The van der Waals surface area contributed by atoms with Crippen molar-refractivity contribution < 1.29 is 50.9 Å². The van der Waals surface area contributed by atoms with Crippen LogP contribution >= 0.6 is 0 Å². The number of hydrogen-bond acceptors (Lipinski definition) is 9. The molecule has 0 unspecified atom stereocenters. The number of rotatable bonds is 3. The van der Waals surface area contributed by atoms with E-state index in [4.69, 9.17) is 14.2 Å². The van der Waals surface area contributed by atoms with Crippen LogP contribution in [0.4, 0.5) is 22.4 Å². The van der Waals surface area contributed by atoms with E-state index in [0.717, 1.165) is 13.2 Å². The fourth-order valence-electron chi connectivity index (χ4n) is 7.17. The summed E-state index contributed by atoms with van der Waals surface area (Å²) in [4.78, 5) is 50.1. The highest BCUT2D eigenvalue weighted by Gasteiger charge is 2.50. The number of alkyl halides is 4. The minimum Gasteiger partial charge on any atom is -0.471 e. The molecule has 264 valence electrons. The van der Waals surface area contributed by atoms with E-state index in [9.17, 15) is 23.2 Å². The van der Waals surface area contributed by atoms with Crippen molar-refractivity contribution in [2.24, 2.45) is 23.2 Å². The Bertz CT molecular complexity index is 1690. The molecule has 4 aliphatic rings. The molecule has 2 bridgehead atoms. The van der Waals surface area contributed by atoms with Gasteiger partial charge in [0.25, 0.3) is 5.92 Å². The maximum Gasteiger partial charge on any atom is 0.408 e. The normalized spacial score (nSPS) is 29.8. The maximum atomic E-state index is 16.1. The van der Waals surface area contributed by atoms with E-state index in [-0.39, 0.29) is 53.9 Å². The molecule has 15 heteroatoms. The number of nitrogens with zero attached hydrogens (tertiary/aromatic N) is 3. The molecule has 1 aromatic heterocycles. The Hall–Kier alpha value is -4.35. The minimum atomic E-state index is -3.53. The molecular weight excluding hydrogens is 652 g/mol. The Morgan fingerprint density at radius 1 is 1.10 bits per heavy atom. The van der Waals surface area contributed by atoms with Crippen molar-refractivity contribution in [3.63, 3.8) is 0 Å². The van der Waals surface area contributed by atoms with Gasteiger partial charge in [0.05, 0.1) is 24.7 Å². The van der Waals surface area contributed by atoms with Crippen molar-refractivity contribution >= 4 is 29.0 Å². The lowest BCUT2D eigenvalue weighted by Crippen LogP contribution is -2.57. The first-order valence-corrected chi connectivity index (χ1v) is 16.3. The molecule has 11 nitrogen and oxygen atoms in total. The topological polar surface area (TPSA) is 129 Å². The van der Waals surface area contributed by atoms with Gasteiger partial charge in [-0.2, -0.15) is 17.6 Å². The molecule has 2 fully saturated rings. The molecule has 1 saturated heterocycles. The zero-order chi connectivity index (χ0) is 35.2. The molecule has 1 N–H and O–H groups in total. The summed E-state index contributed by atoms with van der Waals surface area (Å²) in [6.07, 6.45) is -1.64. The van der Waals surface area contributed by atoms with Crippen LogP contribution in [-0.2, 0) is 25.0 Å². The molecule has 49 heavy (non-hydrogen) atoms. The highest BCUT2D eigenvalue weighted by atomic mass is 19.3. The Morgan fingerprint density at radius 2 is 1.88 bits per heavy atom. The maximum absolute atomic E-state index is 16.1. The van der Waals surface area contributed by atoms with Gasteiger partial charge < -0.3 is 29.2 Å². The summed E-state index contributed by atoms with van der Waals surface area (Å²) in [5.74, 6) is 0.344. The summed E-state index contributed by atoms with van der Waals surface area (Å²) in [6.45, 7) is 1.87. The van der Waals surface area contributed by atoms with E-state index in [1.165, 1.54) is 17.0 Å². The molecule has 2 aliphatic carbocycles. The Kier molecular flexibility index (Phi) is 9.27. The Labute approximate surface area is 280 Å². The smallest absolute Gasteiger partial charge is 0.408 e. The molecule has 0 spiro atoms. The quantitative estimate of drug-likeness (QED) is 0.263. The van der Waals surface area contributed by atoms with E-state index in [1.807, 2.05) is 0 Å². The van der Waals surface area contributed by atoms with Crippen LogP contribution in [0.2, 0.25) is 0 Å². The lowest BCUT2D eigenvalue weighted by molar-refractivity contribution is -0.152. The molecule has 1 saturated carbocycles. The fourth-order valence-corrected chi connectivity index (χ4v) is 7.17. The number of fused-ring (bicyclic) bond motifs is 7. The molecule has 3 heterocycles. The number of halogens is 4. The SMILES string of the molecule is COC(=O)[C@@H]1C[C@@H]2CN1C(=O)[C@H](C(C)(C)C)NC(=O)O[C@@H]1C[C@@H]3C#C[C@@H]3[C@H]1CCCCC(F)(F)c1nc3ccc(OC(F)F)cc3nc1O2. The second-order valence-electron chi connectivity index (χ2n) is 14.1. The number of amides is 2. The van der Waals surface area contributed by atoms with Crippen LogP contribution in [0.5, 0.6) is 11.6 Å². The van der Waals surface area contributed by atoms with Crippen molar-refractivity contribution in [2.75, 3.05) is 13.7 Å². The highest BCUT2D eigenvalue weighted by Crippen LogP contribution is 2.46. The summed E-state index contributed by atoms with van der Waals surface area (Å²) >= 11 is 0. The van der Waals surface area contributed by atoms with E-state index in [1.54, 1.807) is 20.8 Å². The second-order valence-corrected chi connectivity index (χ2v) is 14.1. The third-order valence-electron chi connectivity index (χ3n) is 9.68. The van der Waals surface area contributed by atoms with Crippen molar-refractivity contribution in [1.82, 2.24) is 20.2 Å². The number of hydrogen-bond donors (Lipinski definition) is 1. The van der Waals surface area contributed by atoms with Crippen molar-refractivity contribution in [3.8, 4) is 23.5 Å². The number of alkyl carbamates (subject to hydrolysis) is 1. The first kappa shape index (κ1) is 34.5. The number of carbonyl (C=O) groups excluding carboxylic acids is 3. The largest absolute Gasteiger partial charge is 0.471 e. The van der Waals surface area contributed by atoms with Crippen LogP contribution in [0.3, 0.4) is 0 Å². The average molecular weight is 691 g/mol. The van der Waals surface area contributed by atoms with Gasteiger partial charge in [0.2, 0.25) is 11.8 Å². The van der Waals surface area contributed by atoms with Crippen LogP contribution in [0.1, 0.15) is 65.0 Å². The van der Waals surface area contributed by atoms with Crippen LogP contribution in [-0.4, -0.2) is 77.4 Å². The van der Waals surface area contributed by atoms with Gasteiger partial charge in [-0.1, -0.05) is 39.0 Å². The number of carbonyl (C=O) groups is 3. The second kappa shape index (κ2) is 13.2. The summed E-state index contributed by atoms with van der Waals surface area (Å²) in [7, 11) is 1.15. The number of esters is 1. The number of methoxy groups -OCH3 is 1. The summed E-state index contributed by atoms with van der Waals surface area (Å²) < 4.78 is 79.3. The number of nitrogens with one attached hydrogen (secondary N) is 1.